The topological polar surface area (TPSA) is 29.9 Å². The normalized spacial score (nSPS) is 23.2. The third-order valence-corrected chi connectivity index (χ3v) is 3.22. The quantitative estimate of drug-likeness (QED) is 0.738. The van der Waals surface area contributed by atoms with Crippen LogP contribution in [0.2, 0.25) is 0 Å². The molecule has 12 heavy (non-hydrogen) atoms. The predicted molar refractivity (Wildman–Crippen MR) is 50.3 cm³/mol. The Morgan fingerprint density at radius 1 is 1.75 bits per heavy atom. The SMILES string of the molecule is Cn1cc(SC2CCNC2)cn1. The van der Waals surface area contributed by atoms with Gasteiger partial charge in [0, 0.05) is 29.9 Å². The molecule has 1 unspecified atom stereocenters. The van der Waals surface area contributed by atoms with Crippen molar-refractivity contribution in [1.82, 2.24) is 15.1 Å². The maximum absolute atomic E-state index is 4.13. The first-order chi connectivity index (χ1) is 5.84. The van der Waals surface area contributed by atoms with E-state index < -0.39 is 0 Å². The summed E-state index contributed by atoms with van der Waals surface area (Å²) >= 11 is 1.93. The second-order valence-electron chi connectivity index (χ2n) is 3.08. The zero-order valence-corrected chi connectivity index (χ0v) is 7.97. The molecule has 0 spiro atoms. The fourth-order valence-corrected chi connectivity index (χ4v) is 2.52. The minimum Gasteiger partial charge on any atom is -0.316 e. The Kier molecular flexibility index (Phi) is 2.37. The summed E-state index contributed by atoms with van der Waals surface area (Å²) in [5, 5.41) is 8.23. The lowest BCUT2D eigenvalue weighted by atomic mass is 10.4. The number of rotatable bonds is 2. The van der Waals surface area contributed by atoms with E-state index in [9.17, 15) is 0 Å². The van der Waals surface area contributed by atoms with Crippen molar-refractivity contribution in [3.63, 3.8) is 0 Å². The Balaban J connectivity index is 1.94. The summed E-state index contributed by atoms with van der Waals surface area (Å²) < 4.78 is 1.85. The lowest BCUT2D eigenvalue weighted by Gasteiger charge is -2.03. The van der Waals surface area contributed by atoms with Gasteiger partial charge in [-0.3, -0.25) is 4.68 Å². The molecular weight excluding hydrogens is 170 g/mol. The number of hydrogen-bond donors (Lipinski definition) is 1. The Morgan fingerprint density at radius 3 is 3.25 bits per heavy atom. The largest absolute Gasteiger partial charge is 0.316 e. The van der Waals surface area contributed by atoms with Crippen LogP contribution in [0.5, 0.6) is 0 Å². The number of aromatic nitrogens is 2. The summed E-state index contributed by atoms with van der Waals surface area (Å²) in [6.45, 7) is 2.30. The van der Waals surface area contributed by atoms with E-state index in [2.05, 4.69) is 16.6 Å². The van der Waals surface area contributed by atoms with Crippen LogP contribution < -0.4 is 5.32 Å². The number of thioether (sulfide) groups is 1. The molecule has 1 atom stereocenters. The van der Waals surface area contributed by atoms with Crippen molar-refractivity contribution in [1.29, 1.82) is 0 Å². The number of nitrogens with one attached hydrogen (secondary N) is 1. The van der Waals surface area contributed by atoms with Gasteiger partial charge in [-0.15, -0.1) is 11.8 Å². The highest BCUT2D eigenvalue weighted by molar-refractivity contribution is 8.00. The van der Waals surface area contributed by atoms with E-state index in [1.807, 2.05) is 29.7 Å². The van der Waals surface area contributed by atoms with Gasteiger partial charge in [0.2, 0.25) is 0 Å². The molecule has 0 radical (unpaired) electrons. The molecule has 0 amide bonds. The van der Waals surface area contributed by atoms with E-state index in [1.165, 1.54) is 11.3 Å². The van der Waals surface area contributed by atoms with Crippen LogP contribution in [0, 0.1) is 0 Å². The maximum atomic E-state index is 4.13. The van der Waals surface area contributed by atoms with Gasteiger partial charge in [-0.1, -0.05) is 0 Å². The standard InChI is InChI=1S/C8H13N3S/c1-11-6-8(5-10-11)12-7-2-3-9-4-7/h5-7,9H,2-4H2,1H3. The second-order valence-corrected chi connectivity index (χ2v) is 4.46. The smallest absolute Gasteiger partial charge is 0.0625 e. The van der Waals surface area contributed by atoms with E-state index >= 15 is 0 Å². The van der Waals surface area contributed by atoms with Gasteiger partial charge in [0.15, 0.2) is 0 Å². The molecule has 2 heterocycles. The van der Waals surface area contributed by atoms with Crippen LogP contribution in [-0.4, -0.2) is 28.1 Å². The van der Waals surface area contributed by atoms with Crippen molar-refractivity contribution in [3.05, 3.63) is 12.4 Å². The van der Waals surface area contributed by atoms with E-state index in [4.69, 9.17) is 0 Å². The molecule has 1 aliphatic rings. The van der Waals surface area contributed by atoms with Gasteiger partial charge in [-0.25, -0.2) is 0 Å². The summed E-state index contributed by atoms with van der Waals surface area (Å²) in [4.78, 5) is 1.28. The summed E-state index contributed by atoms with van der Waals surface area (Å²) in [5.41, 5.74) is 0. The highest BCUT2D eigenvalue weighted by Crippen LogP contribution is 2.25. The lowest BCUT2D eigenvalue weighted by Crippen LogP contribution is -2.09. The summed E-state index contributed by atoms with van der Waals surface area (Å²) in [6, 6.07) is 0. The van der Waals surface area contributed by atoms with Crippen LogP contribution in [0.3, 0.4) is 0 Å². The minimum absolute atomic E-state index is 0.745. The maximum Gasteiger partial charge on any atom is 0.0625 e. The Bertz CT molecular complexity index is 253. The molecule has 1 fully saturated rings. The van der Waals surface area contributed by atoms with Crippen LogP contribution in [0.25, 0.3) is 0 Å². The molecule has 0 aromatic carbocycles. The molecule has 1 N–H and O–H groups in total. The van der Waals surface area contributed by atoms with Gasteiger partial charge in [0.1, 0.15) is 0 Å². The molecule has 66 valence electrons. The van der Waals surface area contributed by atoms with Gasteiger partial charge < -0.3 is 5.32 Å². The molecule has 1 aromatic heterocycles. The third-order valence-electron chi connectivity index (χ3n) is 2.00. The molecule has 1 aliphatic heterocycles. The van der Waals surface area contributed by atoms with E-state index in [0.717, 1.165) is 18.3 Å². The summed E-state index contributed by atoms with van der Waals surface area (Å²) in [5.74, 6) is 0. The third kappa shape index (κ3) is 1.81. The molecule has 1 aromatic rings. The molecule has 1 saturated heterocycles. The van der Waals surface area contributed by atoms with Crippen LogP contribution in [0.4, 0.5) is 0 Å². The van der Waals surface area contributed by atoms with E-state index in [-0.39, 0.29) is 0 Å². The number of hydrogen-bond acceptors (Lipinski definition) is 3. The molecule has 0 aliphatic carbocycles. The van der Waals surface area contributed by atoms with Gasteiger partial charge in [0.05, 0.1) is 6.20 Å². The van der Waals surface area contributed by atoms with Crippen LogP contribution >= 0.6 is 11.8 Å². The fraction of sp³-hybridized carbons (Fsp3) is 0.625. The molecule has 2 rings (SSSR count). The number of aryl methyl sites for hydroxylation is 1. The average molecular weight is 183 g/mol. The van der Waals surface area contributed by atoms with Gasteiger partial charge in [0.25, 0.3) is 0 Å². The first kappa shape index (κ1) is 8.13. The first-order valence-corrected chi connectivity index (χ1v) is 5.08. The van der Waals surface area contributed by atoms with Crippen molar-refractivity contribution >= 4 is 11.8 Å². The predicted octanol–water partition coefficient (Wildman–Crippen LogP) is 0.874. The zero-order valence-electron chi connectivity index (χ0n) is 7.16. The van der Waals surface area contributed by atoms with Crippen molar-refractivity contribution in [2.75, 3.05) is 13.1 Å². The molecule has 0 bridgehead atoms. The average Bonchev–Trinajstić information content (AvgIpc) is 2.63. The Labute approximate surface area is 76.5 Å². The molecule has 0 saturated carbocycles. The van der Waals surface area contributed by atoms with Crippen molar-refractivity contribution in [2.24, 2.45) is 7.05 Å². The van der Waals surface area contributed by atoms with Crippen molar-refractivity contribution in [2.45, 2.75) is 16.6 Å². The zero-order chi connectivity index (χ0) is 8.39. The minimum atomic E-state index is 0.745. The summed E-state index contributed by atoms with van der Waals surface area (Å²) in [6.07, 6.45) is 5.28. The highest BCUT2D eigenvalue weighted by Gasteiger charge is 2.15. The van der Waals surface area contributed by atoms with Gasteiger partial charge >= 0.3 is 0 Å². The van der Waals surface area contributed by atoms with Crippen LogP contribution in [0.1, 0.15) is 6.42 Å². The fourth-order valence-electron chi connectivity index (χ4n) is 1.38. The van der Waals surface area contributed by atoms with Crippen LogP contribution in [-0.2, 0) is 7.05 Å². The molecule has 4 heteroatoms. The van der Waals surface area contributed by atoms with E-state index in [1.54, 1.807) is 0 Å². The van der Waals surface area contributed by atoms with Gasteiger partial charge in [-0.2, -0.15) is 5.10 Å². The molecular formula is C8H13N3S. The number of nitrogens with zero attached hydrogens (tertiary/aromatic N) is 2. The van der Waals surface area contributed by atoms with Crippen LogP contribution in [0.15, 0.2) is 17.3 Å². The lowest BCUT2D eigenvalue weighted by molar-refractivity contribution is 0.766. The molecule has 3 nitrogen and oxygen atoms in total. The van der Waals surface area contributed by atoms with Crippen molar-refractivity contribution < 1.29 is 0 Å². The monoisotopic (exact) mass is 183 g/mol. The highest BCUT2D eigenvalue weighted by atomic mass is 32.2. The Morgan fingerprint density at radius 2 is 2.67 bits per heavy atom. The van der Waals surface area contributed by atoms with Gasteiger partial charge in [-0.05, 0) is 13.0 Å². The first-order valence-electron chi connectivity index (χ1n) is 4.20. The van der Waals surface area contributed by atoms with Crippen molar-refractivity contribution in [3.8, 4) is 0 Å². The van der Waals surface area contributed by atoms with E-state index in [0.29, 0.717) is 0 Å². The summed E-state index contributed by atoms with van der Waals surface area (Å²) in [7, 11) is 1.96. The Hall–Kier alpha value is -0.480. The second kappa shape index (κ2) is 3.49.